The summed E-state index contributed by atoms with van der Waals surface area (Å²) >= 11 is 3.44. The third kappa shape index (κ3) is 3.01. The number of carboxylic acids is 1. The number of carbonyl (C=O) groups is 1. The van der Waals surface area contributed by atoms with Crippen LogP contribution in [-0.2, 0) is 18.3 Å². The van der Waals surface area contributed by atoms with Crippen LogP contribution in [0.15, 0.2) is 28.9 Å². The molecule has 1 heterocycles. The SMILES string of the molecule is COc1ccc(Br)cc1-c1cnc(CCC(=O)O)n1C. The molecule has 1 aromatic heterocycles. The van der Waals surface area contributed by atoms with Gasteiger partial charge in [0.15, 0.2) is 0 Å². The van der Waals surface area contributed by atoms with Gasteiger partial charge in [-0.15, -0.1) is 0 Å². The first kappa shape index (κ1) is 14.6. The number of aliphatic carboxylic acids is 1. The van der Waals surface area contributed by atoms with Gasteiger partial charge in [-0.1, -0.05) is 15.9 Å². The van der Waals surface area contributed by atoms with Crippen molar-refractivity contribution in [3.05, 3.63) is 34.7 Å². The maximum Gasteiger partial charge on any atom is 0.303 e. The van der Waals surface area contributed by atoms with Gasteiger partial charge in [-0.05, 0) is 18.2 Å². The summed E-state index contributed by atoms with van der Waals surface area (Å²) < 4.78 is 8.20. The van der Waals surface area contributed by atoms with E-state index in [0.717, 1.165) is 27.3 Å². The number of aryl methyl sites for hydroxylation is 1. The van der Waals surface area contributed by atoms with E-state index in [9.17, 15) is 4.79 Å². The minimum absolute atomic E-state index is 0.0694. The minimum Gasteiger partial charge on any atom is -0.496 e. The van der Waals surface area contributed by atoms with Gasteiger partial charge in [-0.3, -0.25) is 4.79 Å². The molecule has 0 amide bonds. The fraction of sp³-hybridized carbons (Fsp3) is 0.286. The highest BCUT2D eigenvalue weighted by Gasteiger charge is 2.14. The molecule has 1 aromatic carbocycles. The Kier molecular flexibility index (Phi) is 4.44. The van der Waals surface area contributed by atoms with Crippen LogP contribution in [-0.4, -0.2) is 27.7 Å². The van der Waals surface area contributed by atoms with E-state index in [1.165, 1.54) is 0 Å². The largest absolute Gasteiger partial charge is 0.496 e. The molecule has 106 valence electrons. The van der Waals surface area contributed by atoms with Crippen LogP contribution in [0.1, 0.15) is 12.2 Å². The molecule has 2 aromatic rings. The van der Waals surface area contributed by atoms with Crippen LogP contribution in [0, 0.1) is 0 Å². The molecular weight excluding hydrogens is 324 g/mol. The summed E-state index contributed by atoms with van der Waals surface area (Å²) in [6.45, 7) is 0. The summed E-state index contributed by atoms with van der Waals surface area (Å²) in [5.41, 5.74) is 1.81. The van der Waals surface area contributed by atoms with E-state index in [2.05, 4.69) is 20.9 Å². The average Bonchev–Trinajstić information content (AvgIpc) is 2.77. The van der Waals surface area contributed by atoms with Gasteiger partial charge in [0.1, 0.15) is 11.6 Å². The van der Waals surface area contributed by atoms with Gasteiger partial charge in [0.25, 0.3) is 0 Å². The predicted molar refractivity (Wildman–Crippen MR) is 78.9 cm³/mol. The van der Waals surface area contributed by atoms with E-state index in [4.69, 9.17) is 9.84 Å². The van der Waals surface area contributed by atoms with Gasteiger partial charge < -0.3 is 14.4 Å². The molecule has 0 spiro atoms. The van der Waals surface area contributed by atoms with Crippen molar-refractivity contribution < 1.29 is 14.6 Å². The highest BCUT2D eigenvalue weighted by molar-refractivity contribution is 9.10. The van der Waals surface area contributed by atoms with Gasteiger partial charge in [-0.2, -0.15) is 0 Å². The van der Waals surface area contributed by atoms with Crippen molar-refractivity contribution in [1.29, 1.82) is 0 Å². The number of imidazole rings is 1. The summed E-state index contributed by atoms with van der Waals surface area (Å²) in [6, 6.07) is 5.74. The first-order valence-corrected chi connectivity index (χ1v) is 6.88. The van der Waals surface area contributed by atoms with Crippen LogP contribution >= 0.6 is 15.9 Å². The highest BCUT2D eigenvalue weighted by atomic mass is 79.9. The van der Waals surface area contributed by atoms with E-state index >= 15 is 0 Å². The molecule has 2 rings (SSSR count). The molecule has 0 aliphatic heterocycles. The van der Waals surface area contributed by atoms with Gasteiger partial charge >= 0.3 is 5.97 Å². The second kappa shape index (κ2) is 6.09. The quantitative estimate of drug-likeness (QED) is 0.910. The number of hydrogen-bond acceptors (Lipinski definition) is 3. The number of ether oxygens (including phenoxy) is 1. The fourth-order valence-electron chi connectivity index (χ4n) is 2.03. The molecule has 0 saturated heterocycles. The van der Waals surface area contributed by atoms with Crippen molar-refractivity contribution in [3.63, 3.8) is 0 Å². The van der Waals surface area contributed by atoms with E-state index in [1.807, 2.05) is 29.8 Å². The molecule has 0 bridgehead atoms. The van der Waals surface area contributed by atoms with Crippen LogP contribution in [0.5, 0.6) is 5.75 Å². The van der Waals surface area contributed by atoms with E-state index in [-0.39, 0.29) is 6.42 Å². The maximum atomic E-state index is 10.6. The molecule has 20 heavy (non-hydrogen) atoms. The average molecular weight is 339 g/mol. The Morgan fingerprint density at radius 3 is 2.90 bits per heavy atom. The van der Waals surface area contributed by atoms with Crippen LogP contribution in [0.2, 0.25) is 0 Å². The lowest BCUT2D eigenvalue weighted by Crippen LogP contribution is -2.04. The van der Waals surface area contributed by atoms with Gasteiger partial charge in [0.2, 0.25) is 0 Å². The van der Waals surface area contributed by atoms with Crippen LogP contribution in [0.25, 0.3) is 11.3 Å². The van der Waals surface area contributed by atoms with Crippen LogP contribution in [0.3, 0.4) is 0 Å². The number of nitrogens with zero attached hydrogens (tertiary/aromatic N) is 2. The Hall–Kier alpha value is -1.82. The number of benzene rings is 1. The summed E-state index contributed by atoms with van der Waals surface area (Å²) in [6.07, 6.45) is 2.21. The Morgan fingerprint density at radius 1 is 1.50 bits per heavy atom. The molecule has 0 saturated carbocycles. The predicted octanol–water partition coefficient (Wildman–Crippen LogP) is 2.88. The molecule has 0 unspecified atom stereocenters. The van der Waals surface area contributed by atoms with Crippen LogP contribution in [0.4, 0.5) is 0 Å². The Bertz CT molecular complexity index is 637. The third-order valence-corrected chi connectivity index (χ3v) is 3.58. The molecule has 0 fully saturated rings. The Morgan fingerprint density at radius 2 is 2.25 bits per heavy atom. The maximum absolute atomic E-state index is 10.6. The van der Waals surface area contributed by atoms with Crippen molar-refractivity contribution in [2.45, 2.75) is 12.8 Å². The van der Waals surface area contributed by atoms with Gasteiger partial charge in [0.05, 0.1) is 25.4 Å². The fourth-order valence-corrected chi connectivity index (χ4v) is 2.39. The number of hydrogen-bond donors (Lipinski definition) is 1. The lowest BCUT2D eigenvalue weighted by Gasteiger charge is -2.10. The number of rotatable bonds is 5. The first-order chi connectivity index (χ1) is 9.52. The van der Waals surface area contributed by atoms with Crippen molar-refractivity contribution in [2.75, 3.05) is 7.11 Å². The zero-order chi connectivity index (χ0) is 14.7. The molecule has 1 N–H and O–H groups in total. The molecule has 6 heteroatoms. The van der Waals surface area contributed by atoms with E-state index in [0.29, 0.717) is 6.42 Å². The second-order valence-electron chi connectivity index (χ2n) is 4.36. The third-order valence-electron chi connectivity index (χ3n) is 3.08. The first-order valence-electron chi connectivity index (χ1n) is 6.09. The number of carboxylic acid groups (broad SMARTS) is 1. The standard InChI is InChI=1S/C14H15BrN2O3/c1-17-11(8-16-13(17)5-6-14(18)19)10-7-9(15)3-4-12(10)20-2/h3-4,7-8H,5-6H2,1-2H3,(H,18,19). The van der Waals surface area contributed by atoms with Gasteiger partial charge in [-0.25, -0.2) is 4.98 Å². The van der Waals surface area contributed by atoms with Crippen LogP contribution < -0.4 is 4.74 Å². The summed E-state index contributed by atoms with van der Waals surface area (Å²) in [7, 11) is 3.49. The van der Waals surface area contributed by atoms with Crippen molar-refractivity contribution in [3.8, 4) is 17.0 Å². The highest BCUT2D eigenvalue weighted by Crippen LogP contribution is 2.32. The lowest BCUT2D eigenvalue weighted by molar-refractivity contribution is -0.137. The van der Waals surface area contributed by atoms with E-state index in [1.54, 1.807) is 13.3 Å². The summed E-state index contributed by atoms with van der Waals surface area (Å²) in [5.74, 6) is 0.667. The molecule has 0 aliphatic rings. The van der Waals surface area contributed by atoms with E-state index < -0.39 is 5.97 Å². The molecule has 0 atom stereocenters. The number of methoxy groups -OCH3 is 1. The zero-order valence-electron chi connectivity index (χ0n) is 11.3. The molecule has 5 nitrogen and oxygen atoms in total. The minimum atomic E-state index is -0.824. The summed E-state index contributed by atoms with van der Waals surface area (Å²) in [5, 5.41) is 8.74. The number of aromatic nitrogens is 2. The molecular formula is C14H15BrN2O3. The Balaban J connectivity index is 2.39. The lowest BCUT2D eigenvalue weighted by atomic mass is 10.1. The number of halogens is 1. The second-order valence-corrected chi connectivity index (χ2v) is 5.27. The monoisotopic (exact) mass is 338 g/mol. The summed E-state index contributed by atoms with van der Waals surface area (Å²) in [4.78, 5) is 14.9. The molecule has 0 aliphatic carbocycles. The van der Waals surface area contributed by atoms with Gasteiger partial charge in [0, 0.05) is 23.5 Å². The zero-order valence-corrected chi connectivity index (χ0v) is 12.8. The van der Waals surface area contributed by atoms with Crippen molar-refractivity contribution in [2.24, 2.45) is 7.05 Å². The molecule has 0 radical (unpaired) electrons. The van der Waals surface area contributed by atoms with Crippen molar-refractivity contribution >= 4 is 21.9 Å². The normalized spacial score (nSPS) is 10.6. The smallest absolute Gasteiger partial charge is 0.303 e. The van der Waals surface area contributed by atoms with Crippen molar-refractivity contribution in [1.82, 2.24) is 9.55 Å². The topological polar surface area (TPSA) is 64.3 Å². The Labute approximate surface area is 125 Å².